The molecule has 0 spiro atoms. The average Bonchev–Trinajstić information content (AvgIpc) is 3.02. The predicted octanol–water partition coefficient (Wildman–Crippen LogP) is 3.55. The SMILES string of the molecule is Cc1cn(C2CC2)c(Nc2cc(F)cc(F)c2)n1. The van der Waals surface area contributed by atoms with E-state index < -0.39 is 11.6 Å². The number of nitrogens with one attached hydrogen (secondary N) is 1. The summed E-state index contributed by atoms with van der Waals surface area (Å²) >= 11 is 0. The summed E-state index contributed by atoms with van der Waals surface area (Å²) < 4.78 is 28.2. The minimum absolute atomic E-state index is 0.375. The largest absolute Gasteiger partial charge is 0.325 e. The lowest BCUT2D eigenvalue weighted by atomic mass is 10.3. The quantitative estimate of drug-likeness (QED) is 0.901. The summed E-state index contributed by atoms with van der Waals surface area (Å²) in [6.45, 7) is 1.90. The van der Waals surface area contributed by atoms with E-state index in [4.69, 9.17) is 0 Å². The standard InChI is InChI=1S/C13H13F2N3/c1-8-7-18(12-2-3-12)13(16-8)17-11-5-9(14)4-10(15)6-11/h4-7,12H,2-3H2,1H3,(H,16,17). The summed E-state index contributed by atoms with van der Waals surface area (Å²) in [5.74, 6) is -0.558. The Morgan fingerprint density at radius 2 is 1.89 bits per heavy atom. The van der Waals surface area contributed by atoms with Crippen LogP contribution in [0.4, 0.5) is 20.4 Å². The predicted molar refractivity (Wildman–Crippen MR) is 64.9 cm³/mol. The van der Waals surface area contributed by atoms with Crippen molar-refractivity contribution in [2.45, 2.75) is 25.8 Å². The van der Waals surface area contributed by atoms with Crippen molar-refractivity contribution >= 4 is 11.6 Å². The molecule has 3 rings (SSSR count). The molecule has 1 aliphatic rings. The molecule has 0 aliphatic heterocycles. The van der Waals surface area contributed by atoms with Crippen molar-refractivity contribution in [3.05, 3.63) is 41.7 Å². The second-order valence-electron chi connectivity index (χ2n) is 4.63. The molecule has 0 atom stereocenters. The van der Waals surface area contributed by atoms with E-state index in [1.165, 1.54) is 12.1 Å². The van der Waals surface area contributed by atoms with Gasteiger partial charge in [0.25, 0.3) is 0 Å². The van der Waals surface area contributed by atoms with Gasteiger partial charge in [-0.15, -0.1) is 0 Å². The number of anilines is 2. The van der Waals surface area contributed by atoms with Gasteiger partial charge in [0.1, 0.15) is 11.6 Å². The molecule has 1 fully saturated rings. The summed E-state index contributed by atoms with van der Waals surface area (Å²) in [6.07, 6.45) is 4.21. The van der Waals surface area contributed by atoms with E-state index in [2.05, 4.69) is 10.3 Å². The van der Waals surface area contributed by atoms with Crippen LogP contribution in [0.5, 0.6) is 0 Å². The molecule has 0 bridgehead atoms. The van der Waals surface area contributed by atoms with Gasteiger partial charge in [-0.25, -0.2) is 13.8 Å². The molecular weight excluding hydrogens is 236 g/mol. The number of aromatic nitrogens is 2. The van der Waals surface area contributed by atoms with Crippen LogP contribution in [0.25, 0.3) is 0 Å². The van der Waals surface area contributed by atoms with Crippen LogP contribution < -0.4 is 5.32 Å². The number of hydrogen-bond donors (Lipinski definition) is 1. The van der Waals surface area contributed by atoms with Crippen LogP contribution >= 0.6 is 0 Å². The zero-order valence-electron chi connectivity index (χ0n) is 9.95. The van der Waals surface area contributed by atoms with Gasteiger partial charge in [0, 0.05) is 24.0 Å². The lowest BCUT2D eigenvalue weighted by Gasteiger charge is -2.08. The highest BCUT2D eigenvalue weighted by Gasteiger charge is 2.26. The Bertz CT molecular complexity index is 568. The summed E-state index contributed by atoms with van der Waals surface area (Å²) in [5.41, 5.74) is 1.27. The fourth-order valence-corrected chi connectivity index (χ4v) is 1.99. The minimum atomic E-state index is -0.598. The Morgan fingerprint density at radius 3 is 2.50 bits per heavy atom. The topological polar surface area (TPSA) is 29.9 Å². The zero-order valence-corrected chi connectivity index (χ0v) is 9.95. The fraction of sp³-hybridized carbons (Fsp3) is 0.308. The second kappa shape index (κ2) is 4.08. The number of benzene rings is 1. The maximum absolute atomic E-state index is 13.1. The van der Waals surface area contributed by atoms with E-state index in [1.807, 2.05) is 17.7 Å². The van der Waals surface area contributed by atoms with E-state index >= 15 is 0 Å². The smallest absolute Gasteiger partial charge is 0.207 e. The molecule has 1 aromatic heterocycles. The highest BCUT2D eigenvalue weighted by Crippen LogP contribution is 2.37. The Kier molecular flexibility index (Phi) is 2.54. The average molecular weight is 249 g/mol. The molecule has 0 amide bonds. The van der Waals surface area contributed by atoms with Crippen LogP contribution in [-0.2, 0) is 0 Å². The van der Waals surface area contributed by atoms with E-state index in [0.717, 1.165) is 24.6 Å². The van der Waals surface area contributed by atoms with Crippen molar-refractivity contribution in [2.75, 3.05) is 5.32 Å². The molecule has 1 aromatic carbocycles. The fourth-order valence-electron chi connectivity index (χ4n) is 1.99. The maximum atomic E-state index is 13.1. The number of halogens is 2. The first-order chi connectivity index (χ1) is 8.61. The van der Waals surface area contributed by atoms with Gasteiger partial charge in [0.2, 0.25) is 5.95 Å². The van der Waals surface area contributed by atoms with Gasteiger partial charge in [-0.05, 0) is 31.9 Å². The van der Waals surface area contributed by atoms with E-state index in [9.17, 15) is 8.78 Å². The molecule has 18 heavy (non-hydrogen) atoms. The molecule has 5 heteroatoms. The first-order valence-corrected chi connectivity index (χ1v) is 5.90. The molecule has 0 unspecified atom stereocenters. The van der Waals surface area contributed by atoms with Gasteiger partial charge >= 0.3 is 0 Å². The third-order valence-electron chi connectivity index (χ3n) is 2.91. The number of rotatable bonds is 3. The molecule has 2 aromatic rings. The van der Waals surface area contributed by atoms with Gasteiger partial charge in [-0.2, -0.15) is 0 Å². The maximum Gasteiger partial charge on any atom is 0.207 e. The third kappa shape index (κ3) is 2.20. The van der Waals surface area contributed by atoms with Crippen molar-refractivity contribution in [3.63, 3.8) is 0 Å². The molecule has 1 aliphatic carbocycles. The molecule has 0 radical (unpaired) electrons. The summed E-state index contributed by atoms with van der Waals surface area (Å²) in [6, 6.07) is 3.82. The molecule has 3 nitrogen and oxygen atoms in total. The highest BCUT2D eigenvalue weighted by molar-refractivity contribution is 5.54. The van der Waals surface area contributed by atoms with Crippen LogP contribution in [0, 0.1) is 18.6 Å². The second-order valence-corrected chi connectivity index (χ2v) is 4.63. The normalized spacial score (nSPS) is 14.8. The minimum Gasteiger partial charge on any atom is -0.325 e. The van der Waals surface area contributed by atoms with Gasteiger partial charge in [-0.1, -0.05) is 0 Å². The summed E-state index contributed by atoms with van der Waals surface area (Å²) in [5, 5.41) is 2.97. The van der Waals surface area contributed by atoms with E-state index in [0.29, 0.717) is 17.7 Å². The van der Waals surface area contributed by atoms with Gasteiger partial charge in [-0.3, -0.25) is 0 Å². The molecule has 0 saturated heterocycles. The molecule has 94 valence electrons. The Morgan fingerprint density at radius 1 is 1.22 bits per heavy atom. The molecule has 1 saturated carbocycles. The van der Waals surface area contributed by atoms with Crippen LogP contribution in [0.15, 0.2) is 24.4 Å². The Labute approximate surface area is 103 Å². The van der Waals surface area contributed by atoms with Crippen LogP contribution in [0.1, 0.15) is 24.6 Å². The number of imidazole rings is 1. The van der Waals surface area contributed by atoms with Gasteiger partial charge in [0.15, 0.2) is 0 Å². The Balaban J connectivity index is 1.91. The Hall–Kier alpha value is -1.91. The molecule has 1 N–H and O–H groups in total. The summed E-state index contributed by atoms with van der Waals surface area (Å²) in [4.78, 5) is 4.33. The highest BCUT2D eigenvalue weighted by atomic mass is 19.1. The zero-order chi connectivity index (χ0) is 12.7. The lowest BCUT2D eigenvalue weighted by molar-refractivity contribution is 0.584. The van der Waals surface area contributed by atoms with Crippen molar-refractivity contribution in [2.24, 2.45) is 0 Å². The van der Waals surface area contributed by atoms with E-state index in [1.54, 1.807) is 0 Å². The first-order valence-electron chi connectivity index (χ1n) is 5.90. The van der Waals surface area contributed by atoms with Crippen LogP contribution in [-0.4, -0.2) is 9.55 Å². The van der Waals surface area contributed by atoms with Gasteiger partial charge in [0.05, 0.1) is 5.69 Å². The monoisotopic (exact) mass is 249 g/mol. The van der Waals surface area contributed by atoms with Crippen LogP contribution in [0.2, 0.25) is 0 Å². The van der Waals surface area contributed by atoms with Crippen molar-refractivity contribution in [3.8, 4) is 0 Å². The van der Waals surface area contributed by atoms with Crippen LogP contribution in [0.3, 0.4) is 0 Å². The van der Waals surface area contributed by atoms with Gasteiger partial charge < -0.3 is 9.88 Å². The molecule has 1 heterocycles. The summed E-state index contributed by atoms with van der Waals surface area (Å²) in [7, 11) is 0. The van der Waals surface area contributed by atoms with E-state index in [-0.39, 0.29) is 0 Å². The third-order valence-corrected chi connectivity index (χ3v) is 2.91. The number of aryl methyl sites for hydroxylation is 1. The number of nitrogens with zero attached hydrogens (tertiary/aromatic N) is 2. The van der Waals surface area contributed by atoms with Crippen molar-refractivity contribution in [1.29, 1.82) is 0 Å². The van der Waals surface area contributed by atoms with Crippen molar-refractivity contribution in [1.82, 2.24) is 9.55 Å². The lowest BCUT2D eigenvalue weighted by Crippen LogP contribution is -2.01. The van der Waals surface area contributed by atoms with Crippen molar-refractivity contribution < 1.29 is 8.78 Å². The molecular formula is C13H13F2N3. The number of hydrogen-bond acceptors (Lipinski definition) is 2. The first kappa shape index (κ1) is 11.2.